The molecule has 3 rings (SSSR count). The Hall–Kier alpha value is -0.892. The van der Waals surface area contributed by atoms with Crippen LogP contribution in [0, 0.1) is 19.8 Å². The maximum Gasteiger partial charge on any atom is 0.157 e. The van der Waals surface area contributed by atoms with E-state index >= 15 is 0 Å². The van der Waals surface area contributed by atoms with E-state index in [1.54, 1.807) is 0 Å². The molecule has 0 aromatic carbocycles. The fraction of sp³-hybridized carbons (Fsp3) is 0.588. The molecule has 1 aliphatic rings. The molecule has 1 N–H and O–H groups in total. The number of nitrogens with one attached hydrogen (secondary N) is 1. The summed E-state index contributed by atoms with van der Waals surface area (Å²) in [5.41, 5.74) is 1.91. The first-order valence-corrected chi connectivity index (χ1v) is 7.63. The van der Waals surface area contributed by atoms with E-state index in [-0.39, 0.29) is 28.5 Å². The van der Waals surface area contributed by atoms with E-state index in [0.29, 0.717) is 6.04 Å². The summed E-state index contributed by atoms with van der Waals surface area (Å²) in [5, 5.41) is 8.07. The van der Waals surface area contributed by atoms with Crippen LogP contribution in [-0.4, -0.2) is 20.6 Å². The van der Waals surface area contributed by atoms with E-state index in [1.165, 1.54) is 19.3 Å². The molecule has 1 fully saturated rings. The molecule has 0 bridgehead atoms. The maximum atomic E-state index is 4.47. The van der Waals surface area contributed by atoms with Gasteiger partial charge in [-0.25, -0.2) is 4.98 Å². The number of rotatable bonds is 3. The molecular weight excluding hydrogens is 444 g/mol. The Morgan fingerprint density at radius 1 is 1.36 bits per heavy atom. The summed E-state index contributed by atoms with van der Waals surface area (Å²) in [6.07, 6.45) is 6.61. The molecule has 0 aliphatic heterocycles. The summed E-state index contributed by atoms with van der Waals surface area (Å²) < 4.78 is 1.90. The molecule has 2 atom stereocenters. The number of aromatic nitrogens is 3. The van der Waals surface area contributed by atoms with Crippen LogP contribution in [0.3, 0.4) is 0 Å². The summed E-state index contributed by atoms with van der Waals surface area (Å²) in [5.74, 6) is 1.82. The van der Waals surface area contributed by atoms with Crippen LogP contribution in [0.15, 0.2) is 18.3 Å². The number of nitrogens with zero attached hydrogens (tertiary/aromatic N) is 3. The SMILES string of the molecule is C.CC.[CH2-]CC1CCC(Nc2ccnc3cc(C)nn23)C1.[W]. The molecule has 4 nitrogen and oxygen atoms in total. The molecule has 2 aromatic heterocycles. The number of anilines is 1. The molecule has 0 amide bonds. The molecule has 0 spiro atoms. The van der Waals surface area contributed by atoms with E-state index in [0.717, 1.165) is 29.5 Å². The van der Waals surface area contributed by atoms with E-state index in [2.05, 4.69) is 22.3 Å². The van der Waals surface area contributed by atoms with Crippen LogP contribution >= 0.6 is 0 Å². The Morgan fingerprint density at radius 2 is 2.09 bits per heavy atom. The normalized spacial score (nSPS) is 19.6. The van der Waals surface area contributed by atoms with Crippen LogP contribution in [0.5, 0.6) is 0 Å². The topological polar surface area (TPSA) is 42.2 Å². The minimum atomic E-state index is 0. The molecule has 0 radical (unpaired) electrons. The maximum absolute atomic E-state index is 4.47. The van der Waals surface area contributed by atoms with Crippen molar-refractivity contribution in [2.45, 2.75) is 59.9 Å². The Labute approximate surface area is 149 Å². The van der Waals surface area contributed by atoms with Crippen LogP contribution in [0.1, 0.15) is 52.7 Å². The molecule has 22 heavy (non-hydrogen) atoms. The summed E-state index contributed by atoms with van der Waals surface area (Å²) in [6.45, 7) is 10.00. The van der Waals surface area contributed by atoms with Gasteiger partial charge in [-0.3, -0.25) is 0 Å². The molecule has 2 heterocycles. The zero-order chi connectivity index (χ0) is 14.5. The number of fused-ring (bicyclic) bond motifs is 1. The van der Waals surface area contributed by atoms with Crippen LogP contribution in [-0.2, 0) is 21.1 Å². The molecule has 1 saturated carbocycles. The van der Waals surface area contributed by atoms with Gasteiger partial charge in [0.15, 0.2) is 5.65 Å². The third-order valence-corrected chi connectivity index (χ3v) is 3.78. The zero-order valence-corrected chi connectivity index (χ0v) is 16.1. The van der Waals surface area contributed by atoms with Gasteiger partial charge < -0.3 is 12.2 Å². The first-order chi connectivity index (χ1) is 9.76. The Kier molecular flexibility index (Phi) is 9.59. The average molecular weight is 473 g/mol. The zero-order valence-electron chi connectivity index (χ0n) is 13.2. The van der Waals surface area contributed by atoms with Crippen LogP contribution in [0.2, 0.25) is 0 Å². The van der Waals surface area contributed by atoms with Crippen LogP contribution < -0.4 is 5.32 Å². The monoisotopic (exact) mass is 473 g/mol. The molecule has 124 valence electrons. The van der Waals surface area contributed by atoms with Gasteiger partial charge in [-0.1, -0.05) is 33.6 Å². The van der Waals surface area contributed by atoms with Crippen molar-refractivity contribution < 1.29 is 21.1 Å². The molecule has 2 aromatic rings. The van der Waals surface area contributed by atoms with Crippen molar-refractivity contribution in [2.75, 3.05) is 5.32 Å². The van der Waals surface area contributed by atoms with E-state index < -0.39 is 0 Å². The van der Waals surface area contributed by atoms with Crippen molar-refractivity contribution in [3.63, 3.8) is 0 Å². The number of hydrogen-bond acceptors (Lipinski definition) is 3. The van der Waals surface area contributed by atoms with Crippen molar-refractivity contribution in [3.8, 4) is 0 Å². The second-order valence-electron chi connectivity index (χ2n) is 5.19. The standard InChI is InChI=1S/C14H19N4.C2H6.CH4.W/c1-3-11-4-5-12(9-11)16-13-6-7-15-14-8-10(2)17-18(13)14;1-2;;/h6-8,11-12,16H,1,3-5,9H2,2H3;1-2H3;1H4;/q-1;;;. The Bertz CT molecular complexity index is 553. The first kappa shape index (κ1) is 21.1. The third kappa shape index (κ3) is 4.81. The van der Waals surface area contributed by atoms with E-state index in [9.17, 15) is 0 Å². The predicted molar refractivity (Wildman–Crippen MR) is 90.5 cm³/mol. The molecule has 0 saturated heterocycles. The van der Waals surface area contributed by atoms with Gasteiger partial charge in [0, 0.05) is 39.4 Å². The summed E-state index contributed by atoms with van der Waals surface area (Å²) >= 11 is 0. The molecule has 2 unspecified atom stereocenters. The van der Waals surface area contributed by atoms with Crippen molar-refractivity contribution in [2.24, 2.45) is 5.92 Å². The van der Waals surface area contributed by atoms with Crippen molar-refractivity contribution in [1.82, 2.24) is 14.6 Å². The van der Waals surface area contributed by atoms with E-state index in [4.69, 9.17) is 0 Å². The van der Waals surface area contributed by atoms with Gasteiger partial charge in [-0.05, 0) is 25.8 Å². The minimum absolute atomic E-state index is 0. The van der Waals surface area contributed by atoms with Crippen LogP contribution in [0.25, 0.3) is 5.65 Å². The quantitative estimate of drug-likeness (QED) is 0.668. The largest absolute Gasteiger partial charge is 0.367 e. The van der Waals surface area contributed by atoms with Gasteiger partial charge in [0.1, 0.15) is 5.82 Å². The minimum Gasteiger partial charge on any atom is -0.367 e. The molecule has 5 heteroatoms. The second-order valence-corrected chi connectivity index (χ2v) is 5.19. The summed E-state index contributed by atoms with van der Waals surface area (Å²) in [7, 11) is 0. The average Bonchev–Trinajstić information content (AvgIpc) is 3.07. The summed E-state index contributed by atoms with van der Waals surface area (Å²) in [6, 6.07) is 4.54. The van der Waals surface area contributed by atoms with Gasteiger partial charge in [0.05, 0.1) is 5.69 Å². The third-order valence-electron chi connectivity index (χ3n) is 3.78. The Balaban J connectivity index is 0.00000106. The fourth-order valence-electron chi connectivity index (χ4n) is 2.80. The van der Waals surface area contributed by atoms with Crippen molar-refractivity contribution >= 4 is 11.5 Å². The van der Waals surface area contributed by atoms with Crippen molar-refractivity contribution in [1.29, 1.82) is 0 Å². The molecule has 1 aliphatic carbocycles. The van der Waals surface area contributed by atoms with Gasteiger partial charge in [0.2, 0.25) is 0 Å². The van der Waals surface area contributed by atoms with Crippen LogP contribution in [0.4, 0.5) is 5.82 Å². The van der Waals surface area contributed by atoms with E-state index in [1.807, 2.05) is 43.6 Å². The first-order valence-electron chi connectivity index (χ1n) is 7.63. The van der Waals surface area contributed by atoms with Gasteiger partial charge >= 0.3 is 0 Å². The predicted octanol–water partition coefficient (Wildman–Crippen LogP) is 4.50. The van der Waals surface area contributed by atoms with Gasteiger partial charge in [0.25, 0.3) is 0 Å². The molecular formula is C17H29N4W-. The fourth-order valence-corrected chi connectivity index (χ4v) is 2.80. The van der Waals surface area contributed by atoms with Crippen molar-refractivity contribution in [3.05, 3.63) is 30.9 Å². The number of aryl methyl sites for hydroxylation is 1. The Morgan fingerprint density at radius 3 is 2.73 bits per heavy atom. The summed E-state index contributed by atoms with van der Waals surface area (Å²) in [4.78, 5) is 4.32. The second kappa shape index (κ2) is 9.99. The number of hydrogen-bond donors (Lipinski definition) is 1. The smallest absolute Gasteiger partial charge is 0.157 e. The van der Waals surface area contributed by atoms with Gasteiger partial charge in [-0.15, -0.1) is 0 Å². The van der Waals surface area contributed by atoms with Gasteiger partial charge in [-0.2, -0.15) is 16.0 Å².